The van der Waals surface area contributed by atoms with Crippen LogP contribution in [0.5, 0.6) is 0 Å². The molecule has 0 radical (unpaired) electrons. The maximum atomic E-state index is 11.3. The van der Waals surface area contributed by atoms with Gasteiger partial charge in [-0.3, -0.25) is 4.79 Å². The molecule has 0 fully saturated rings. The lowest BCUT2D eigenvalue weighted by molar-refractivity contribution is 0.0955. The Morgan fingerprint density at radius 1 is 1.50 bits per heavy atom. The lowest BCUT2D eigenvalue weighted by Crippen LogP contribution is -2.23. The number of aromatic nitrogens is 2. The van der Waals surface area contributed by atoms with Crippen LogP contribution in [-0.2, 0) is 0 Å². The van der Waals surface area contributed by atoms with Crippen molar-refractivity contribution in [1.82, 2.24) is 15.3 Å². The molecule has 0 aliphatic heterocycles. The zero-order chi connectivity index (χ0) is 10.6. The molecule has 0 saturated carbocycles. The predicted molar refractivity (Wildman–Crippen MR) is 56.2 cm³/mol. The van der Waals surface area contributed by atoms with E-state index < -0.39 is 0 Å². The van der Waals surface area contributed by atoms with Crippen LogP contribution in [0.2, 0.25) is 0 Å². The van der Waals surface area contributed by atoms with Crippen LogP contribution in [0.3, 0.4) is 0 Å². The molecule has 14 heavy (non-hydrogen) atoms. The molecule has 1 heterocycles. The quantitative estimate of drug-likeness (QED) is 0.797. The van der Waals surface area contributed by atoms with Gasteiger partial charge in [0.1, 0.15) is 5.82 Å². The molecule has 0 aliphatic rings. The van der Waals surface area contributed by atoms with E-state index >= 15 is 0 Å². The number of hydrogen-bond acceptors (Lipinski definition) is 3. The van der Waals surface area contributed by atoms with Crippen LogP contribution in [0.15, 0.2) is 12.4 Å². The summed E-state index contributed by atoms with van der Waals surface area (Å²) in [6.07, 6.45) is 3.13. The third-order valence-corrected chi connectivity index (χ3v) is 1.79. The number of carbonyl (C=O) groups excluding carboxylic acids is 1. The fourth-order valence-corrected chi connectivity index (χ4v) is 1.02. The summed E-state index contributed by atoms with van der Waals surface area (Å²) in [4.78, 5) is 19.6. The average Bonchev–Trinajstić information content (AvgIpc) is 2.18. The summed E-state index contributed by atoms with van der Waals surface area (Å²) >= 11 is 0. The monoisotopic (exact) mass is 195 g/mol. The molecule has 1 aromatic rings. The van der Waals surface area contributed by atoms with Crippen LogP contribution < -0.4 is 5.32 Å². The third kappa shape index (κ3) is 2.52. The van der Waals surface area contributed by atoms with Crippen molar-refractivity contribution < 1.29 is 6.22 Å². The number of nitrogens with one attached hydrogen (secondary N) is 1. The largest absolute Gasteiger partial charge is 0.352 e. The van der Waals surface area contributed by atoms with Crippen LogP contribution in [0.25, 0.3) is 0 Å². The fraction of sp³-hybridized carbons (Fsp3) is 0.500. The van der Waals surface area contributed by atoms with E-state index in [9.17, 15) is 4.79 Å². The van der Waals surface area contributed by atoms with Crippen molar-refractivity contribution in [3.8, 4) is 0 Å². The van der Waals surface area contributed by atoms with E-state index in [2.05, 4.69) is 15.3 Å². The van der Waals surface area contributed by atoms with Crippen molar-refractivity contribution in [2.75, 3.05) is 6.54 Å². The molecule has 0 bridgehead atoms. The predicted octanol–water partition coefficient (Wildman–Crippen LogP) is 1.60. The molecule has 1 N–H and O–H groups in total. The van der Waals surface area contributed by atoms with E-state index in [1.165, 1.54) is 0 Å². The molecular formula is C10H17N3O. The van der Waals surface area contributed by atoms with Crippen LogP contribution in [0.4, 0.5) is 0 Å². The normalized spacial score (nSPS) is 10.3. The fourth-order valence-electron chi connectivity index (χ4n) is 1.02. The molecule has 0 saturated heterocycles. The van der Waals surface area contributed by atoms with Crippen molar-refractivity contribution in [3.63, 3.8) is 0 Å². The van der Waals surface area contributed by atoms with Gasteiger partial charge in [0.05, 0.1) is 5.56 Å². The Bertz CT molecular complexity index is 311. The Morgan fingerprint density at radius 3 is 2.50 bits per heavy atom. The molecule has 4 heteroatoms. The van der Waals surface area contributed by atoms with E-state index in [0.29, 0.717) is 18.0 Å². The second-order valence-corrected chi connectivity index (χ2v) is 3.34. The van der Waals surface area contributed by atoms with Crippen LogP contribution in [0, 0.1) is 0 Å². The minimum absolute atomic E-state index is 0. The molecule has 0 unspecified atom stereocenters. The van der Waals surface area contributed by atoms with Gasteiger partial charge in [0.15, 0.2) is 0 Å². The van der Waals surface area contributed by atoms with Gasteiger partial charge in [0, 0.05) is 26.3 Å². The maximum absolute atomic E-state index is 11.3. The van der Waals surface area contributed by atoms with Crippen molar-refractivity contribution in [2.24, 2.45) is 0 Å². The van der Waals surface area contributed by atoms with E-state index in [1.807, 2.05) is 20.8 Å². The smallest absolute Gasteiger partial charge is 0.254 e. The van der Waals surface area contributed by atoms with Gasteiger partial charge in [-0.1, -0.05) is 13.8 Å². The van der Waals surface area contributed by atoms with Crippen molar-refractivity contribution in [1.29, 1.82) is 0 Å². The molecule has 0 aromatic carbocycles. The zero-order valence-corrected chi connectivity index (χ0v) is 8.74. The molecule has 1 amide bonds. The van der Waals surface area contributed by atoms with Crippen molar-refractivity contribution in [2.45, 2.75) is 26.7 Å². The minimum atomic E-state index is -0.122. The summed E-state index contributed by atoms with van der Waals surface area (Å²) in [6, 6.07) is 0. The van der Waals surface area contributed by atoms with E-state index in [-0.39, 0.29) is 7.33 Å². The van der Waals surface area contributed by atoms with Gasteiger partial charge in [-0.25, -0.2) is 9.97 Å². The topological polar surface area (TPSA) is 54.9 Å². The first-order chi connectivity index (χ1) is 6.65. The number of rotatable bonds is 3. The van der Waals surface area contributed by atoms with Gasteiger partial charge in [0.25, 0.3) is 5.91 Å². The average molecular weight is 195 g/mol. The summed E-state index contributed by atoms with van der Waals surface area (Å²) in [5.41, 5.74) is 0.510. The Labute approximate surface area is 85.3 Å². The highest BCUT2D eigenvalue weighted by molar-refractivity contribution is 5.93. The first kappa shape index (κ1) is 10.6. The number of amides is 1. The molecule has 0 aliphatic carbocycles. The molecule has 0 atom stereocenters. The third-order valence-electron chi connectivity index (χ3n) is 1.79. The van der Waals surface area contributed by atoms with Crippen molar-refractivity contribution in [3.05, 3.63) is 23.8 Å². The van der Waals surface area contributed by atoms with Crippen LogP contribution >= 0.6 is 0 Å². The summed E-state index contributed by atoms with van der Waals surface area (Å²) in [7, 11) is 0. The molecule has 4 nitrogen and oxygen atoms in total. The van der Waals surface area contributed by atoms with Crippen molar-refractivity contribution >= 4 is 5.91 Å². The van der Waals surface area contributed by atoms with E-state index in [4.69, 9.17) is 0 Å². The summed E-state index contributed by atoms with van der Waals surface area (Å²) in [5.74, 6) is 0.930. The van der Waals surface area contributed by atoms with Gasteiger partial charge in [-0.15, -0.1) is 0 Å². The van der Waals surface area contributed by atoms with E-state index in [1.54, 1.807) is 12.4 Å². The highest BCUT2D eigenvalue weighted by atomic mass is 16.1. The second-order valence-electron chi connectivity index (χ2n) is 3.34. The number of carbonyl (C=O) groups is 1. The second kappa shape index (κ2) is 4.69. The molecule has 0 spiro atoms. The summed E-state index contributed by atoms with van der Waals surface area (Å²) in [6.45, 7) is 6.52. The van der Waals surface area contributed by atoms with Gasteiger partial charge >= 0.3 is 0 Å². The number of hydrogen-bond donors (Lipinski definition) is 1. The molecule has 78 valence electrons. The first-order valence-corrected chi connectivity index (χ1v) is 4.75. The van der Waals surface area contributed by atoms with Gasteiger partial charge in [-0.2, -0.15) is 0 Å². The zero-order valence-electron chi connectivity index (χ0n) is 8.74. The standard InChI is InChI=1S/C10H15N3O.H2/c1-4-11-10(14)8-5-12-9(7(2)3)13-6-8;/h5-7H,4H2,1-3H3,(H,11,14);1H. The molecular weight excluding hydrogens is 178 g/mol. The SMILES string of the molecule is CCNC(=O)c1cnc(C(C)C)nc1.[HH]. The Morgan fingerprint density at radius 2 is 2.07 bits per heavy atom. The van der Waals surface area contributed by atoms with E-state index in [0.717, 1.165) is 5.82 Å². The van der Waals surface area contributed by atoms with Crippen LogP contribution in [-0.4, -0.2) is 22.4 Å². The molecule has 1 rings (SSSR count). The lowest BCUT2D eigenvalue weighted by atomic mass is 10.2. The highest BCUT2D eigenvalue weighted by Crippen LogP contribution is 2.07. The Balaban J connectivity index is 0.00000196. The van der Waals surface area contributed by atoms with Gasteiger partial charge < -0.3 is 5.32 Å². The summed E-state index contributed by atoms with van der Waals surface area (Å²) < 4.78 is 0. The maximum Gasteiger partial charge on any atom is 0.254 e. The minimum Gasteiger partial charge on any atom is -0.352 e. The summed E-state index contributed by atoms with van der Waals surface area (Å²) in [5, 5.41) is 2.69. The number of nitrogens with zero attached hydrogens (tertiary/aromatic N) is 2. The molecule has 1 aromatic heterocycles. The Kier molecular flexibility index (Phi) is 3.56. The van der Waals surface area contributed by atoms with Gasteiger partial charge in [-0.05, 0) is 6.92 Å². The first-order valence-electron chi connectivity index (χ1n) is 4.75. The lowest BCUT2D eigenvalue weighted by Gasteiger charge is -2.04. The highest BCUT2D eigenvalue weighted by Gasteiger charge is 2.06. The van der Waals surface area contributed by atoms with Crippen LogP contribution in [0.1, 0.15) is 44.3 Å². The Hall–Kier alpha value is -1.45. The van der Waals surface area contributed by atoms with Gasteiger partial charge in [0.2, 0.25) is 0 Å².